The van der Waals surface area contributed by atoms with E-state index in [0.717, 1.165) is 22.3 Å². The lowest BCUT2D eigenvalue weighted by atomic mass is 10.1. The van der Waals surface area contributed by atoms with Gasteiger partial charge in [0.2, 0.25) is 5.13 Å². The van der Waals surface area contributed by atoms with E-state index in [1.165, 1.54) is 11.3 Å². The first kappa shape index (κ1) is 13.7. The summed E-state index contributed by atoms with van der Waals surface area (Å²) in [5.41, 5.74) is 1.87. The van der Waals surface area contributed by atoms with Crippen molar-refractivity contribution in [2.75, 3.05) is 0 Å². The number of hydrogen-bond acceptors (Lipinski definition) is 4. The van der Waals surface area contributed by atoms with Gasteiger partial charge in [-0.1, -0.05) is 25.2 Å². The highest BCUT2D eigenvalue weighted by Gasteiger charge is 2.18. The second-order valence-electron chi connectivity index (χ2n) is 5.00. The van der Waals surface area contributed by atoms with Gasteiger partial charge in [-0.3, -0.25) is 4.57 Å². The van der Waals surface area contributed by atoms with Crippen LogP contribution in [0.4, 0.5) is 0 Å². The number of rotatable bonds is 4. The number of aromatic nitrogens is 3. The van der Waals surface area contributed by atoms with Gasteiger partial charge in [-0.2, -0.15) is 0 Å². The molecular formula is C13H17N3O2S. The lowest BCUT2D eigenvalue weighted by Gasteiger charge is -2.03. The molecule has 0 saturated heterocycles. The number of aryl methyl sites for hydroxylation is 1. The Morgan fingerprint density at radius 1 is 1.42 bits per heavy atom. The van der Waals surface area contributed by atoms with Gasteiger partial charge >= 0.3 is 5.97 Å². The van der Waals surface area contributed by atoms with Crippen LogP contribution in [-0.2, 0) is 6.42 Å². The van der Waals surface area contributed by atoms with Crippen LogP contribution < -0.4 is 0 Å². The molecule has 0 unspecified atom stereocenters. The summed E-state index contributed by atoms with van der Waals surface area (Å²) in [4.78, 5) is 11.1. The Hall–Kier alpha value is -1.69. The van der Waals surface area contributed by atoms with Crippen molar-refractivity contribution in [1.29, 1.82) is 0 Å². The van der Waals surface area contributed by atoms with Crippen molar-refractivity contribution in [2.24, 2.45) is 5.92 Å². The van der Waals surface area contributed by atoms with Gasteiger partial charge in [-0.15, -0.1) is 10.2 Å². The largest absolute Gasteiger partial charge is 0.478 e. The Kier molecular flexibility index (Phi) is 3.71. The summed E-state index contributed by atoms with van der Waals surface area (Å²) < 4.78 is 1.85. The fraction of sp³-hybridized carbons (Fsp3) is 0.462. The van der Waals surface area contributed by atoms with E-state index >= 15 is 0 Å². The van der Waals surface area contributed by atoms with Crippen LogP contribution in [-0.4, -0.2) is 25.8 Å². The zero-order chi connectivity index (χ0) is 14.2. The fourth-order valence-electron chi connectivity index (χ4n) is 2.04. The number of carboxylic acid groups (broad SMARTS) is 1. The predicted octanol–water partition coefficient (Wildman–Crippen LogP) is 2.84. The molecule has 0 radical (unpaired) electrons. The number of nitrogens with zero attached hydrogens (tertiary/aromatic N) is 3. The standard InChI is InChI=1S/C13H17N3O2S/c1-7(2)5-11-14-15-13(19-11)16-8(3)6-10(9(16)4)12(17)18/h6-7H,5H2,1-4H3,(H,17,18). The second kappa shape index (κ2) is 5.13. The Balaban J connectivity index is 2.42. The van der Waals surface area contributed by atoms with Crippen LogP contribution in [0.1, 0.15) is 40.6 Å². The fourth-order valence-corrected chi connectivity index (χ4v) is 3.20. The molecule has 2 rings (SSSR count). The summed E-state index contributed by atoms with van der Waals surface area (Å²) in [6, 6.07) is 1.67. The number of carboxylic acids is 1. The van der Waals surface area contributed by atoms with Crippen molar-refractivity contribution in [1.82, 2.24) is 14.8 Å². The van der Waals surface area contributed by atoms with E-state index in [1.807, 2.05) is 11.5 Å². The lowest BCUT2D eigenvalue weighted by Crippen LogP contribution is -2.02. The van der Waals surface area contributed by atoms with Crippen molar-refractivity contribution < 1.29 is 9.90 Å². The van der Waals surface area contributed by atoms with Crippen LogP contribution in [0.2, 0.25) is 0 Å². The van der Waals surface area contributed by atoms with Crippen LogP contribution in [0, 0.1) is 19.8 Å². The minimum atomic E-state index is -0.911. The van der Waals surface area contributed by atoms with Crippen LogP contribution in [0.5, 0.6) is 0 Å². The Bertz CT molecular complexity index is 613. The van der Waals surface area contributed by atoms with Crippen LogP contribution >= 0.6 is 11.3 Å². The topological polar surface area (TPSA) is 68.0 Å². The summed E-state index contributed by atoms with van der Waals surface area (Å²) in [7, 11) is 0. The SMILES string of the molecule is Cc1cc(C(=O)O)c(C)n1-c1nnc(CC(C)C)s1. The molecule has 0 atom stereocenters. The second-order valence-corrected chi connectivity index (χ2v) is 6.04. The first-order valence-corrected chi connectivity index (χ1v) is 6.96. The van der Waals surface area contributed by atoms with E-state index in [9.17, 15) is 4.79 Å². The zero-order valence-electron chi connectivity index (χ0n) is 11.5. The average Bonchev–Trinajstić information content (AvgIpc) is 2.83. The molecule has 0 aliphatic carbocycles. The minimum absolute atomic E-state index is 0.318. The Morgan fingerprint density at radius 3 is 2.63 bits per heavy atom. The maximum atomic E-state index is 11.1. The molecule has 2 aromatic heterocycles. The Morgan fingerprint density at radius 2 is 2.11 bits per heavy atom. The van der Waals surface area contributed by atoms with Gasteiger partial charge < -0.3 is 5.11 Å². The van der Waals surface area contributed by atoms with Crippen LogP contribution in [0.3, 0.4) is 0 Å². The molecule has 0 fully saturated rings. The van der Waals surface area contributed by atoms with Crippen molar-refractivity contribution in [2.45, 2.75) is 34.1 Å². The molecule has 102 valence electrons. The first-order chi connectivity index (χ1) is 8.90. The third kappa shape index (κ3) is 2.68. The molecule has 2 aromatic rings. The summed E-state index contributed by atoms with van der Waals surface area (Å²) in [5, 5.41) is 19.2. The highest BCUT2D eigenvalue weighted by atomic mass is 32.1. The van der Waals surface area contributed by atoms with E-state index in [0.29, 0.717) is 17.2 Å². The van der Waals surface area contributed by atoms with Gasteiger partial charge in [-0.05, 0) is 25.8 Å². The molecule has 2 heterocycles. The van der Waals surface area contributed by atoms with Crippen molar-refractivity contribution in [3.8, 4) is 5.13 Å². The summed E-state index contributed by atoms with van der Waals surface area (Å²) >= 11 is 1.52. The first-order valence-electron chi connectivity index (χ1n) is 6.15. The van der Waals surface area contributed by atoms with Gasteiger partial charge in [0.15, 0.2) is 0 Å². The zero-order valence-corrected chi connectivity index (χ0v) is 12.3. The van der Waals surface area contributed by atoms with E-state index in [-0.39, 0.29) is 0 Å². The summed E-state index contributed by atoms with van der Waals surface area (Å²) in [6.45, 7) is 7.94. The van der Waals surface area contributed by atoms with Gasteiger partial charge in [0.1, 0.15) is 5.01 Å². The number of carbonyl (C=O) groups is 1. The highest BCUT2D eigenvalue weighted by molar-refractivity contribution is 7.13. The van der Waals surface area contributed by atoms with E-state index < -0.39 is 5.97 Å². The van der Waals surface area contributed by atoms with Gasteiger partial charge in [0, 0.05) is 17.8 Å². The molecule has 0 bridgehead atoms. The molecule has 0 spiro atoms. The van der Waals surface area contributed by atoms with Gasteiger partial charge in [-0.25, -0.2) is 4.79 Å². The van der Waals surface area contributed by atoms with Crippen molar-refractivity contribution >= 4 is 17.3 Å². The molecule has 19 heavy (non-hydrogen) atoms. The highest BCUT2D eigenvalue weighted by Crippen LogP contribution is 2.24. The molecule has 0 amide bonds. The quantitative estimate of drug-likeness (QED) is 0.934. The molecule has 6 heteroatoms. The molecule has 0 saturated carbocycles. The van der Waals surface area contributed by atoms with Crippen molar-refractivity contribution in [3.05, 3.63) is 28.0 Å². The van der Waals surface area contributed by atoms with Gasteiger partial charge in [0.25, 0.3) is 0 Å². The normalized spacial score (nSPS) is 11.2. The van der Waals surface area contributed by atoms with E-state index in [2.05, 4.69) is 24.0 Å². The summed E-state index contributed by atoms with van der Waals surface area (Å²) in [6.07, 6.45) is 0.892. The predicted molar refractivity (Wildman–Crippen MR) is 74.2 cm³/mol. The van der Waals surface area contributed by atoms with Crippen LogP contribution in [0.25, 0.3) is 5.13 Å². The molecule has 0 aliphatic heterocycles. The number of aromatic carboxylic acids is 1. The summed E-state index contributed by atoms with van der Waals surface area (Å²) in [5.74, 6) is -0.381. The molecule has 5 nitrogen and oxygen atoms in total. The Labute approximate surface area is 115 Å². The van der Waals surface area contributed by atoms with Gasteiger partial charge in [0.05, 0.1) is 5.56 Å². The third-order valence-corrected chi connectivity index (χ3v) is 3.82. The molecule has 1 N–H and O–H groups in total. The smallest absolute Gasteiger partial charge is 0.337 e. The van der Waals surface area contributed by atoms with Crippen molar-refractivity contribution in [3.63, 3.8) is 0 Å². The van der Waals surface area contributed by atoms with E-state index in [1.54, 1.807) is 13.0 Å². The third-order valence-electron chi connectivity index (χ3n) is 2.89. The average molecular weight is 279 g/mol. The monoisotopic (exact) mass is 279 g/mol. The maximum Gasteiger partial charge on any atom is 0.337 e. The molecular weight excluding hydrogens is 262 g/mol. The lowest BCUT2D eigenvalue weighted by molar-refractivity contribution is 0.0696. The maximum absolute atomic E-state index is 11.1. The number of hydrogen-bond donors (Lipinski definition) is 1. The van der Waals surface area contributed by atoms with Crippen LogP contribution in [0.15, 0.2) is 6.07 Å². The molecule has 0 aromatic carbocycles. The minimum Gasteiger partial charge on any atom is -0.478 e. The van der Waals surface area contributed by atoms with E-state index in [4.69, 9.17) is 5.11 Å². The molecule has 0 aliphatic rings.